The van der Waals surface area contributed by atoms with E-state index in [0.717, 1.165) is 12.8 Å². The first-order chi connectivity index (χ1) is 11.1. The van der Waals surface area contributed by atoms with Gasteiger partial charge in [0.15, 0.2) is 5.82 Å². The lowest BCUT2D eigenvalue weighted by Crippen LogP contribution is -2.46. The number of pyridine rings is 1. The molecule has 3 amide bonds. The number of carbonyl (C=O) groups excluding carboxylic acids is 2. The normalized spacial score (nSPS) is 17.7. The Morgan fingerprint density at radius 2 is 2.22 bits per heavy atom. The van der Waals surface area contributed by atoms with Crippen LogP contribution in [-0.4, -0.2) is 44.7 Å². The molecule has 3 N–H and O–H groups in total. The summed E-state index contributed by atoms with van der Waals surface area (Å²) in [5.41, 5.74) is 5.90. The molecule has 0 radical (unpaired) electrons. The van der Waals surface area contributed by atoms with Crippen LogP contribution in [0, 0.1) is 5.92 Å². The molecule has 1 fully saturated rings. The zero-order valence-electron chi connectivity index (χ0n) is 12.6. The minimum Gasteiger partial charge on any atom is -0.351 e. The number of urea groups is 1. The third-order valence-electron chi connectivity index (χ3n) is 3.86. The van der Waals surface area contributed by atoms with E-state index in [1.807, 2.05) is 6.07 Å². The van der Waals surface area contributed by atoms with E-state index in [0.29, 0.717) is 24.6 Å². The van der Waals surface area contributed by atoms with Crippen molar-refractivity contribution in [2.45, 2.75) is 12.8 Å². The molecule has 1 aliphatic rings. The Kier molecular flexibility index (Phi) is 4.22. The molecular formula is C15H18N6O2. The molecule has 3 rings (SSSR count). The summed E-state index contributed by atoms with van der Waals surface area (Å²) in [7, 11) is 0. The standard InChI is InChI=1S/C15H18N6O2/c16-15(23)20-7-1-3-11(10-20)14(22)19-12-4-5-13(17-9-12)21-8-2-6-18-21/h2,4-6,8-9,11H,1,3,7,10H2,(H2,16,23)(H,19,22)/t11-/m0/s1. The molecule has 0 aromatic carbocycles. The van der Waals surface area contributed by atoms with Crippen LogP contribution in [0.3, 0.4) is 0 Å². The monoisotopic (exact) mass is 314 g/mol. The molecule has 0 unspecified atom stereocenters. The Balaban J connectivity index is 1.62. The number of aromatic nitrogens is 3. The van der Waals surface area contributed by atoms with Crippen molar-refractivity contribution in [1.82, 2.24) is 19.7 Å². The second-order valence-corrected chi connectivity index (χ2v) is 5.47. The predicted octanol–water partition coefficient (Wildman–Crippen LogP) is 0.996. The van der Waals surface area contributed by atoms with Crippen molar-refractivity contribution in [3.8, 4) is 5.82 Å². The van der Waals surface area contributed by atoms with Crippen LogP contribution in [0.15, 0.2) is 36.8 Å². The number of nitrogens with zero attached hydrogens (tertiary/aromatic N) is 4. The molecule has 23 heavy (non-hydrogen) atoms. The maximum atomic E-state index is 12.3. The van der Waals surface area contributed by atoms with Gasteiger partial charge in [0, 0.05) is 25.5 Å². The van der Waals surface area contributed by atoms with Gasteiger partial charge in [0.05, 0.1) is 17.8 Å². The van der Waals surface area contributed by atoms with E-state index in [4.69, 9.17) is 5.73 Å². The molecule has 3 heterocycles. The van der Waals surface area contributed by atoms with Crippen LogP contribution in [0.2, 0.25) is 0 Å². The molecule has 8 heteroatoms. The van der Waals surface area contributed by atoms with E-state index in [1.165, 1.54) is 4.90 Å². The van der Waals surface area contributed by atoms with Crippen LogP contribution in [0.25, 0.3) is 5.82 Å². The van der Waals surface area contributed by atoms with Crippen molar-refractivity contribution in [1.29, 1.82) is 0 Å². The fraction of sp³-hybridized carbons (Fsp3) is 0.333. The number of rotatable bonds is 3. The lowest BCUT2D eigenvalue weighted by molar-refractivity contribution is -0.121. The fourth-order valence-electron chi connectivity index (χ4n) is 2.64. The third-order valence-corrected chi connectivity index (χ3v) is 3.86. The third kappa shape index (κ3) is 3.47. The predicted molar refractivity (Wildman–Crippen MR) is 83.9 cm³/mol. The minimum absolute atomic E-state index is 0.121. The molecular weight excluding hydrogens is 296 g/mol. The van der Waals surface area contributed by atoms with Crippen molar-refractivity contribution >= 4 is 17.6 Å². The van der Waals surface area contributed by atoms with Crippen molar-refractivity contribution < 1.29 is 9.59 Å². The summed E-state index contributed by atoms with van der Waals surface area (Å²) in [6, 6.07) is 4.88. The first-order valence-electron chi connectivity index (χ1n) is 7.45. The summed E-state index contributed by atoms with van der Waals surface area (Å²) in [5.74, 6) is 0.303. The van der Waals surface area contributed by atoms with Gasteiger partial charge in [-0.05, 0) is 31.0 Å². The van der Waals surface area contributed by atoms with Crippen LogP contribution < -0.4 is 11.1 Å². The highest BCUT2D eigenvalue weighted by Gasteiger charge is 2.27. The Morgan fingerprint density at radius 1 is 1.35 bits per heavy atom. The highest BCUT2D eigenvalue weighted by Crippen LogP contribution is 2.18. The molecule has 0 spiro atoms. The van der Waals surface area contributed by atoms with E-state index in [2.05, 4.69) is 15.4 Å². The number of likely N-dealkylation sites (tertiary alicyclic amines) is 1. The number of hydrogen-bond donors (Lipinski definition) is 2. The van der Waals surface area contributed by atoms with Gasteiger partial charge in [-0.15, -0.1) is 0 Å². The largest absolute Gasteiger partial charge is 0.351 e. The first-order valence-corrected chi connectivity index (χ1v) is 7.45. The van der Waals surface area contributed by atoms with Crippen molar-refractivity contribution in [3.05, 3.63) is 36.8 Å². The molecule has 2 aromatic rings. The Hall–Kier alpha value is -2.90. The number of piperidine rings is 1. The van der Waals surface area contributed by atoms with E-state index < -0.39 is 6.03 Å². The van der Waals surface area contributed by atoms with Crippen molar-refractivity contribution in [3.63, 3.8) is 0 Å². The second-order valence-electron chi connectivity index (χ2n) is 5.47. The molecule has 1 aliphatic heterocycles. The Bertz CT molecular complexity index is 683. The van der Waals surface area contributed by atoms with Gasteiger partial charge in [0.25, 0.3) is 0 Å². The molecule has 0 bridgehead atoms. The maximum absolute atomic E-state index is 12.3. The van der Waals surface area contributed by atoms with Crippen molar-refractivity contribution in [2.75, 3.05) is 18.4 Å². The summed E-state index contributed by atoms with van der Waals surface area (Å²) in [6.45, 7) is 0.971. The molecule has 0 aliphatic carbocycles. The summed E-state index contributed by atoms with van der Waals surface area (Å²) in [6.07, 6.45) is 6.57. The lowest BCUT2D eigenvalue weighted by atomic mass is 9.97. The van der Waals surface area contributed by atoms with E-state index >= 15 is 0 Å². The summed E-state index contributed by atoms with van der Waals surface area (Å²) in [5, 5.41) is 6.93. The topological polar surface area (TPSA) is 106 Å². The zero-order chi connectivity index (χ0) is 16.2. The van der Waals surface area contributed by atoms with Crippen LogP contribution >= 0.6 is 0 Å². The van der Waals surface area contributed by atoms with E-state index in [-0.39, 0.29) is 11.8 Å². The number of carbonyl (C=O) groups is 2. The average Bonchev–Trinajstić information content (AvgIpc) is 3.10. The van der Waals surface area contributed by atoms with Crippen LogP contribution in [-0.2, 0) is 4.79 Å². The van der Waals surface area contributed by atoms with Crippen LogP contribution in [0.4, 0.5) is 10.5 Å². The van der Waals surface area contributed by atoms with Gasteiger partial charge in [0.1, 0.15) is 0 Å². The van der Waals surface area contributed by atoms with Crippen LogP contribution in [0.1, 0.15) is 12.8 Å². The highest BCUT2D eigenvalue weighted by molar-refractivity contribution is 5.93. The zero-order valence-corrected chi connectivity index (χ0v) is 12.6. The molecule has 8 nitrogen and oxygen atoms in total. The maximum Gasteiger partial charge on any atom is 0.314 e. The van der Waals surface area contributed by atoms with Gasteiger partial charge in [-0.1, -0.05) is 0 Å². The molecule has 120 valence electrons. The number of hydrogen-bond acceptors (Lipinski definition) is 4. The van der Waals surface area contributed by atoms with Crippen molar-refractivity contribution in [2.24, 2.45) is 11.7 Å². The highest BCUT2D eigenvalue weighted by atomic mass is 16.2. The number of nitrogens with two attached hydrogens (primary N) is 1. The van der Waals surface area contributed by atoms with Gasteiger partial charge in [0.2, 0.25) is 5.91 Å². The summed E-state index contributed by atoms with van der Waals surface area (Å²) in [4.78, 5) is 29.3. The van der Waals surface area contributed by atoms with Gasteiger partial charge < -0.3 is 16.0 Å². The van der Waals surface area contributed by atoms with Gasteiger partial charge in [-0.3, -0.25) is 4.79 Å². The van der Waals surface area contributed by atoms with Gasteiger partial charge in [-0.2, -0.15) is 5.10 Å². The minimum atomic E-state index is -0.479. The smallest absolute Gasteiger partial charge is 0.314 e. The summed E-state index contributed by atoms with van der Waals surface area (Å²) < 4.78 is 1.64. The first kappa shape index (κ1) is 15.0. The van der Waals surface area contributed by atoms with E-state index in [9.17, 15) is 9.59 Å². The van der Waals surface area contributed by atoms with Crippen LogP contribution in [0.5, 0.6) is 0 Å². The lowest BCUT2D eigenvalue weighted by Gasteiger charge is -2.30. The quantitative estimate of drug-likeness (QED) is 0.881. The summed E-state index contributed by atoms with van der Waals surface area (Å²) >= 11 is 0. The average molecular weight is 314 g/mol. The number of amides is 3. The number of nitrogens with one attached hydrogen (secondary N) is 1. The van der Waals surface area contributed by atoms with E-state index in [1.54, 1.807) is 35.4 Å². The molecule has 0 saturated carbocycles. The van der Waals surface area contributed by atoms with Gasteiger partial charge in [-0.25, -0.2) is 14.5 Å². The SMILES string of the molecule is NC(=O)N1CCC[C@H](C(=O)Nc2ccc(-n3cccn3)nc2)C1. The molecule has 1 atom stereocenters. The van der Waals surface area contributed by atoms with Gasteiger partial charge >= 0.3 is 6.03 Å². The Morgan fingerprint density at radius 3 is 2.87 bits per heavy atom. The fourth-order valence-corrected chi connectivity index (χ4v) is 2.64. The molecule has 1 saturated heterocycles. The Labute approximate surface area is 133 Å². The number of anilines is 1. The molecule has 2 aromatic heterocycles. The number of primary amides is 1. The second kappa shape index (κ2) is 6.47.